The van der Waals surface area contributed by atoms with E-state index in [1.54, 1.807) is 19.2 Å². The minimum absolute atomic E-state index is 0.00665. The first-order valence-corrected chi connectivity index (χ1v) is 12.0. The lowest BCUT2D eigenvalue weighted by molar-refractivity contribution is -0.119. The van der Waals surface area contributed by atoms with Crippen LogP contribution in [0.1, 0.15) is 45.9 Å². The number of fused-ring (bicyclic) bond motifs is 1. The molecule has 0 bridgehead atoms. The van der Waals surface area contributed by atoms with Crippen LogP contribution in [-0.4, -0.2) is 65.1 Å². The van der Waals surface area contributed by atoms with Crippen LogP contribution in [0.5, 0.6) is 5.75 Å². The smallest absolute Gasteiger partial charge is 0.335 e. The number of aromatic nitrogens is 1. The van der Waals surface area contributed by atoms with Crippen molar-refractivity contribution in [3.8, 4) is 5.75 Å². The molecule has 1 aliphatic heterocycles. The SMILES string of the molecule is COc1cc(C)c2[nH]ccc2c1CN1CCN(CC2CC(F)(F)C2)C[C@H]1c1ccc(C(=O)O)cc1. The number of carboxylic acid groups (broad SMARTS) is 1. The lowest BCUT2D eigenvalue weighted by Crippen LogP contribution is -2.51. The highest BCUT2D eigenvalue weighted by Gasteiger charge is 2.46. The average Bonchev–Trinajstić information content (AvgIpc) is 3.31. The molecule has 2 aliphatic rings. The average molecular weight is 484 g/mol. The van der Waals surface area contributed by atoms with Crippen LogP contribution in [-0.2, 0) is 6.54 Å². The van der Waals surface area contributed by atoms with Crippen molar-refractivity contribution >= 4 is 16.9 Å². The van der Waals surface area contributed by atoms with Gasteiger partial charge in [-0.25, -0.2) is 13.6 Å². The van der Waals surface area contributed by atoms with E-state index in [1.165, 1.54) is 0 Å². The Morgan fingerprint density at radius 2 is 1.94 bits per heavy atom. The highest BCUT2D eigenvalue weighted by Crippen LogP contribution is 2.43. The zero-order chi connectivity index (χ0) is 24.7. The fourth-order valence-electron chi connectivity index (χ4n) is 5.66. The van der Waals surface area contributed by atoms with Crippen molar-refractivity contribution in [1.29, 1.82) is 0 Å². The largest absolute Gasteiger partial charge is 0.496 e. The number of aryl methyl sites for hydroxylation is 1. The molecule has 0 amide bonds. The van der Waals surface area contributed by atoms with E-state index in [4.69, 9.17) is 4.74 Å². The summed E-state index contributed by atoms with van der Waals surface area (Å²) in [5.41, 5.74) is 4.59. The molecule has 0 spiro atoms. The molecule has 35 heavy (non-hydrogen) atoms. The number of carbonyl (C=O) groups is 1. The molecule has 1 aliphatic carbocycles. The summed E-state index contributed by atoms with van der Waals surface area (Å²) >= 11 is 0. The van der Waals surface area contributed by atoms with E-state index >= 15 is 0 Å². The van der Waals surface area contributed by atoms with E-state index in [-0.39, 0.29) is 30.4 Å². The Balaban J connectivity index is 1.43. The standard InChI is InChI=1S/C27H31F2N3O3/c1-17-11-24(35-2)22(21-7-8-30-25(17)21)15-32-10-9-31(14-18-12-27(28,29)13-18)16-23(32)19-3-5-20(6-4-19)26(33)34/h3-8,11,18,23,30H,9-10,12-16H2,1-2H3,(H,33,34)/t23-/m0/s1. The molecule has 1 atom stereocenters. The van der Waals surface area contributed by atoms with Gasteiger partial charge in [0.05, 0.1) is 12.7 Å². The quantitative estimate of drug-likeness (QED) is 0.490. The monoisotopic (exact) mass is 483 g/mol. The molecule has 1 saturated carbocycles. The Morgan fingerprint density at radius 1 is 1.20 bits per heavy atom. The highest BCUT2D eigenvalue weighted by molar-refractivity contribution is 5.88. The Hall–Kier alpha value is -2.97. The minimum Gasteiger partial charge on any atom is -0.496 e. The first kappa shape index (κ1) is 23.8. The summed E-state index contributed by atoms with van der Waals surface area (Å²) in [7, 11) is 1.69. The number of hydrogen-bond acceptors (Lipinski definition) is 4. The first-order valence-electron chi connectivity index (χ1n) is 12.0. The van der Waals surface area contributed by atoms with Crippen LogP contribution < -0.4 is 4.74 Å². The van der Waals surface area contributed by atoms with Crippen molar-refractivity contribution in [3.63, 3.8) is 0 Å². The van der Waals surface area contributed by atoms with Crippen LogP contribution in [0.3, 0.4) is 0 Å². The number of ether oxygens (including phenoxy) is 1. The summed E-state index contributed by atoms with van der Waals surface area (Å²) in [6.45, 7) is 5.68. The third kappa shape index (κ3) is 4.77. The predicted molar refractivity (Wildman–Crippen MR) is 130 cm³/mol. The number of aromatic carboxylic acids is 1. The molecule has 2 N–H and O–H groups in total. The van der Waals surface area contributed by atoms with Crippen LogP contribution in [0.2, 0.25) is 0 Å². The summed E-state index contributed by atoms with van der Waals surface area (Å²) in [6.07, 6.45) is 1.88. The number of rotatable bonds is 7. The molecule has 2 aromatic carbocycles. The maximum Gasteiger partial charge on any atom is 0.335 e. The summed E-state index contributed by atoms with van der Waals surface area (Å²) in [4.78, 5) is 19.4. The lowest BCUT2D eigenvalue weighted by atomic mass is 9.81. The molecule has 0 unspecified atom stereocenters. The summed E-state index contributed by atoms with van der Waals surface area (Å²) in [5, 5.41) is 10.4. The fourth-order valence-corrected chi connectivity index (χ4v) is 5.66. The van der Waals surface area contributed by atoms with Crippen molar-refractivity contribution in [2.24, 2.45) is 5.92 Å². The van der Waals surface area contributed by atoms with E-state index < -0.39 is 11.9 Å². The van der Waals surface area contributed by atoms with E-state index in [9.17, 15) is 18.7 Å². The van der Waals surface area contributed by atoms with Crippen molar-refractivity contribution in [3.05, 3.63) is 64.8 Å². The molecule has 0 radical (unpaired) electrons. The highest BCUT2D eigenvalue weighted by atomic mass is 19.3. The van der Waals surface area contributed by atoms with Gasteiger partial charge in [0.1, 0.15) is 5.75 Å². The minimum atomic E-state index is -2.51. The van der Waals surface area contributed by atoms with Gasteiger partial charge in [0.25, 0.3) is 0 Å². The molecule has 1 aromatic heterocycles. The number of methoxy groups -OCH3 is 1. The van der Waals surface area contributed by atoms with E-state index in [2.05, 4.69) is 33.8 Å². The molecule has 1 saturated heterocycles. The summed E-state index contributed by atoms with van der Waals surface area (Å²) in [5.74, 6) is -2.59. The molecule has 5 rings (SSSR count). The maximum atomic E-state index is 13.4. The zero-order valence-corrected chi connectivity index (χ0v) is 20.1. The topological polar surface area (TPSA) is 68.8 Å². The van der Waals surface area contributed by atoms with E-state index in [0.29, 0.717) is 19.6 Å². The van der Waals surface area contributed by atoms with Gasteiger partial charge in [-0.05, 0) is 48.2 Å². The number of benzene rings is 2. The second kappa shape index (κ2) is 9.24. The molecule has 8 heteroatoms. The van der Waals surface area contributed by atoms with Crippen molar-refractivity contribution < 1.29 is 23.4 Å². The molecule has 6 nitrogen and oxygen atoms in total. The van der Waals surface area contributed by atoms with Gasteiger partial charge in [0, 0.05) is 74.3 Å². The van der Waals surface area contributed by atoms with Gasteiger partial charge in [-0.3, -0.25) is 9.80 Å². The molecule has 186 valence electrons. The first-order chi connectivity index (χ1) is 16.7. The van der Waals surface area contributed by atoms with Crippen molar-refractivity contribution in [2.75, 3.05) is 33.3 Å². The molecular weight excluding hydrogens is 452 g/mol. The maximum absolute atomic E-state index is 13.4. The number of halogens is 2. The zero-order valence-electron chi connectivity index (χ0n) is 20.1. The number of aromatic amines is 1. The molecular formula is C27H31F2N3O3. The van der Waals surface area contributed by atoms with Gasteiger partial charge in [0.2, 0.25) is 5.92 Å². The fraction of sp³-hybridized carbons (Fsp3) is 0.444. The number of piperazine rings is 1. The van der Waals surface area contributed by atoms with E-state index in [1.807, 2.05) is 18.3 Å². The number of nitrogens with zero attached hydrogens (tertiary/aromatic N) is 2. The van der Waals surface area contributed by atoms with Crippen LogP contribution in [0.25, 0.3) is 10.9 Å². The van der Waals surface area contributed by atoms with Crippen molar-refractivity contribution in [1.82, 2.24) is 14.8 Å². The third-order valence-corrected chi connectivity index (χ3v) is 7.50. The van der Waals surface area contributed by atoms with Gasteiger partial charge >= 0.3 is 5.97 Å². The van der Waals surface area contributed by atoms with Crippen LogP contribution in [0.15, 0.2) is 42.6 Å². The van der Waals surface area contributed by atoms with Gasteiger partial charge in [-0.2, -0.15) is 0 Å². The van der Waals surface area contributed by atoms with Gasteiger partial charge in [-0.1, -0.05) is 12.1 Å². The predicted octanol–water partition coefficient (Wildman–Crippen LogP) is 5.09. The van der Waals surface area contributed by atoms with Gasteiger partial charge in [0.15, 0.2) is 0 Å². The second-order valence-electron chi connectivity index (χ2n) is 9.94. The number of H-pyrrole nitrogens is 1. The molecule has 3 aromatic rings. The number of alkyl halides is 2. The summed E-state index contributed by atoms with van der Waals surface area (Å²) in [6, 6.07) is 11.2. The number of nitrogens with one attached hydrogen (secondary N) is 1. The second-order valence-corrected chi connectivity index (χ2v) is 9.94. The van der Waals surface area contributed by atoms with E-state index in [0.717, 1.165) is 46.4 Å². The molecule has 2 fully saturated rings. The van der Waals surface area contributed by atoms with Crippen LogP contribution >= 0.6 is 0 Å². The van der Waals surface area contributed by atoms with Gasteiger partial charge in [-0.15, -0.1) is 0 Å². The van der Waals surface area contributed by atoms with Crippen molar-refractivity contribution in [2.45, 2.75) is 38.3 Å². The Morgan fingerprint density at radius 3 is 2.60 bits per heavy atom. The van der Waals surface area contributed by atoms with Crippen LogP contribution in [0.4, 0.5) is 8.78 Å². The molecule has 2 heterocycles. The van der Waals surface area contributed by atoms with Crippen LogP contribution in [0, 0.1) is 12.8 Å². The normalized spacial score (nSPS) is 21.2. The third-order valence-electron chi connectivity index (χ3n) is 7.50. The Kier molecular flexibility index (Phi) is 6.27. The summed E-state index contributed by atoms with van der Waals surface area (Å²) < 4.78 is 32.6. The van der Waals surface area contributed by atoms with Gasteiger partial charge < -0.3 is 14.8 Å². The Bertz CT molecular complexity index is 1220. The number of carboxylic acids is 1. The lowest BCUT2D eigenvalue weighted by Gasteiger charge is -2.45. The Labute approximate surface area is 203 Å². The number of hydrogen-bond donors (Lipinski definition) is 2.